The maximum absolute atomic E-state index is 12.8. The predicted molar refractivity (Wildman–Crippen MR) is 70.7 cm³/mol. The summed E-state index contributed by atoms with van der Waals surface area (Å²) in [5.41, 5.74) is -2.06. The van der Waals surface area contributed by atoms with E-state index in [0.717, 1.165) is 19.0 Å². The van der Waals surface area contributed by atoms with Crippen molar-refractivity contribution >= 4 is 0 Å². The molecule has 0 aliphatic heterocycles. The van der Waals surface area contributed by atoms with Gasteiger partial charge in [-0.1, -0.05) is 19.1 Å². The number of hydrogen-bond donors (Lipinski definition) is 2. The van der Waals surface area contributed by atoms with Crippen molar-refractivity contribution in [2.45, 2.75) is 32.0 Å². The van der Waals surface area contributed by atoms with Gasteiger partial charge in [0, 0.05) is 6.54 Å². The van der Waals surface area contributed by atoms with Gasteiger partial charge in [-0.15, -0.1) is 0 Å². The fraction of sp³-hybridized carbons (Fsp3) is 0.571. The Morgan fingerprint density at radius 2 is 1.90 bits per heavy atom. The summed E-state index contributed by atoms with van der Waals surface area (Å²) in [5.74, 6) is -0.268. The molecule has 0 radical (unpaired) electrons. The summed E-state index contributed by atoms with van der Waals surface area (Å²) in [5, 5.41) is 13.0. The monoisotopic (exact) mass is 291 g/mol. The standard InChI is InChI=1S/C14H20F3NO2/c1-3-8-18-9-13(2,19)10-20-12-7-5-4-6-11(12)14(15,16)17/h4-7,18-19H,3,8-10H2,1-2H3. The number of nitrogens with one attached hydrogen (secondary N) is 1. The predicted octanol–water partition coefficient (Wildman–Crippen LogP) is 2.83. The van der Waals surface area contributed by atoms with E-state index in [2.05, 4.69) is 5.32 Å². The van der Waals surface area contributed by atoms with Crippen LogP contribution < -0.4 is 10.1 Å². The maximum Gasteiger partial charge on any atom is 0.419 e. The third-order valence-electron chi connectivity index (χ3n) is 2.66. The first kappa shape index (κ1) is 16.8. The van der Waals surface area contributed by atoms with E-state index < -0.39 is 17.3 Å². The molecule has 1 aromatic carbocycles. The zero-order chi connectivity index (χ0) is 15.2. The quantitative estimate of drug-likeness (QED) is 0.759. The second kappa shape index (κ2) is 6.95. The molecule has 1 atom stereocenters. The van der Waals surface area contributed by atoms with Gasteiger partial charge in [-0.05, 0) is 32.0 Å². The number of benzene rings is 1. The zero-order valence-electron chi connectivity index (χ0n) is 11.6. The first-order valence-electron chi connectivity index (χ1n) is 6.48. The maximum atomic E-state index is 12.8. The van der Waals surface area contributed by atoms with Crippen LogP contribution in [0.25, 0.3) is 0 Å². The molecule has 0 aliphatic rings. The molecule has 0 saturated heterocycles. The van der Waals surface area contributed by atoms with Gasteiger partial charge in [-0.3, -0.25) is 0 Å². The van der Waals surface area contributed by atoms with Gasteiger partial charge in [-0.2, -0.15) is 13.2 Å². The highest BCUT2D eigenvalue weighted by molar-refractivity contribution is 5.35. The fourth-order valence-corrected chi connectivity index (χ4v) is 1.65. The van der Waals surface area contributed by atoms with Crippen molar-refractivity contribution in [2.24, 2.45) is 0 Å². The summed E-state index contributed by atoms with van der Waals surface area (Å²) in [4.78, 5) is 0. The van der Waals surface area contributed by atoms with Crippen molar-refractivity contribution in [1.29, 1.82) is 0 Å². The highest BCUT2D eigenvalue weighted by Gasteiger charge is 2.34. The van der Waals surface area contributed by atoms with Crippen LogP contribution in [-0.2, 0) is 6.18 Å². The lowest BCUT2D eigenvalue weighted by molar-refractivity contribution is -0.139. The molecule has 0 spiro atoms. The Kier molecular flexibility index (Phi) is 5.83. The average molecular weight is 291 g/mol. The molecule has 20 heavy (non-hydrogen) atoms. The molecule has 3 nitrogen and oxygen atoms in total. The van der Waals surface area contributed by atoms with E-state index in [-0.39, 0.29) is 18.9 Å². The summed E-state index contributed by atoms with van der Waals surface area (Å²) in [6, 6.07) is 4.98. The number of hydrogen-bond acceptors (Lipinski definition) is 3. The van der Waals surface area contributed by atoms with Gasteiger partial charge in [0.25, 0.3) is 0 Å². The molecule has 0 amide bonds. The summed E-state index contributed by atoms with van der Waals surface area (Å²) in [7, 11) is 0. The van der Waals surface area contributed by atoms with Gasteiger partial charge in [0.05, 0.1) is 5.56 Å². The van der Waals surface area contributed by atoms with Crippen LogP contribution in [0.2, 0.25) is 0 Å². The van der Waals surface area contributed by atoms with E-state index in [0.29, 0.717) is 0 Å². The van der Waals surface area contributed by atoms with Crippen LogP contribution in [0.15, 0.2) is 24.3 Å². The molecule has 1 unspecified atom stereocenters. The third kappa shape index (κ3) is 5.38. The summed E-state index contributed by atoms with van der Waals surface area (Å²) < 4.78 is 43.4. The van der Waals surface area contributed by atoms with E-state index in [4.69, 9.17) is 4.74 Å². The SMILES string of the molecule is CCCNCC(C)(O)COc1ccccc1C(F)(F)F. The average Bonchev–Trinajstić information content (AvgIpc) is 2.36. The Morgan fingerprint density at radius 3 is 2.50 bits per heavy atom. The number of aliphatic hydroxyl groups is 1. The normalized spacial score (nSPS) is 14.9. The molecule has 1 aromatic rings. The van der Waals surface area contributed by atoms with Gasteiger partial charge in [-0.25, -0.2) is 0 Å². The Labute approximate surface area is 116 Å². The van der Waals surface area contributed by atoms with Gasteiger partial charge >= 0.3 is 6.18 Å². The number of halogens is 3. The topological polar surface area (TPSA) is 41.5 Å². The van der Waals surface area contributed by atoms with Crippen LogP contribution in [-0.4, -0.2) is 30.4 Å². The van der Waals surface area contributed by atoms with Crippen molar-refractivity contribution in [1.82, 2.24) is 5.32 Å². The molecule has 0 heterocycles. The van der Waals surface area contributed by atoms with Crippen LogP contribution in [0, 0.1) is 0 Å². The van der Waals surface area contributed by atoms with Gasteiger partial charge in [0.15, 0.2) is 0 Å². The Balaban J connectivity index is 2.66. The second-order valence-electron chi connectivity index (χ2n) is 4.96. The minimum absolute atomic E-state index is 0.212. The van der Waals surface area contributed by atoms with E-state index >= 15 is 0 Å². The van der Waals surface area contributed by atoms with Gasteiger partial charge in [0.2, 0.25) is 0 Å². The van der Waals surface area contributed by atoms with Crippen molar-refractivity contribution in [3.05, 3.63) is 29.8 Å². The molecule has 0 fully saturated rings. The van der Waals surface area contributed by atoms with Crippen LogP contribution in [0.5, 0.6) is 5.75 Å². The first-order chi connectivity index (χ1) is 9.26. The molecule has 0 aromatic heterocycles. The fourth-order valence-electron chi connectivity index (χ4n) is 1.65. The van der Waals surface area contributed by atoms with Crippen molar-refractivity contribution < 1.29 is 23.0 Å². The van der Waals surface area contributed by atoms with Crippen LogP contribution in [0.4, 0.5) is 13.2 Å². The molecule has 1 rings (SSSR count). The molecular formula is C14H20F3NO2. The number of ether oxygens (including phenoxy) is 1. The Hall–Kier alpha value is -1.27. The molecule has 0 bridgehead atoms. The third-order valence-corrected chi connectivity index (χ3v) is 2.66. The second-order valence-corrected chi connectivity index (χ2v) is 4.96. The Bertz CT molecular complexity index is 419. The van der Waals surface area contributed by atoms with Crippen LogP contribution >= 0.6 is 0 Å². The largest absolute Gasteiger partial charge is 0.490 e. The molecule has 6 heteroatoms. The number of rotatable bonds is 7. The van der Waals surface area contributed by atoms with E-state index in [9.17, 15) is 18.3 Å². The van der Waals surface area contributed by atoms with Gasteiger partial charge < -0.3 is 15.2 Å². The van der Waals surface area contributed by atoms with E-state index in [1.807, 2.05) is 6.92 Å². The highest BCUT2D eigenvalue weighted by atomic mass is 19.4. The van der Waals surface area contributed by atoms with E-state index in [1.165, 1.54) is 25.1 Å². The number of alkyl halides is 3. The van der Waals surface area contributed by atoms with Crippen molar-refractivity contribution in [2.75, 3.05) is 19.7 Å². The Morgan fingerprint density at radius 1 is 1.25 bits per heavy atom. The zero-order valence-corrected chi connectivity index (χ0v) is 11.6. The molecule has 114 valence electrons. The summed E-state index contributed by atoms with van der Waals surface area (Å²) in [6.45, 7) is 4.28. The van der Waals surface area contributed by atoms with E-state index in [1.54, 1.807) is 0 Å². The summed E-state index contributed by atoms with van der Waals surface area (Å²) in [6.07, 6.45) is -3.56. The molecular weight excluding hydrogens is 271 g/mol. The van der Waals surface area contributed by atoms with Crippen molar-refractivity contribution in [3.63, 3.8) is 0 Å². The lowest BCUT2D eigenvalue weighted by Crippen LogP contribution is -2.43. The summed E-state index contributed by atoms with van der Waals surface area (Å²) >= 11 is 0. The first-order valence-corrected chi connectivity index (χ1v) is 6.48. The minimum Gasteiger partial charge on any atom is -0.490 e. The smallest absolute Gasteiger partial charge is 0.419 e. The molecule has 0 aliphatic carbocycles. The minimum atomic E-state index is -4.47. The molecule has 0 saturated carbocycles. The number of para-hydroxylation sites is 1. The lowest BCUT2D eigenvalue weighted by atomic mass is 10.1. The van der Waals surface area contributed by atoms with Gasteiger partial charge in [0.1, 0.15) is 18.0 Å². The van der Waals surface area contributed by atoms with Crippen molar-refractivity contribution in [3.8, 4) is 5.75 Å². The lowest BCUT2D eigenvalue weighted by Gasteiger charge is -2.25. The highest BCUT2D eigenvalue weighted by Crippen LogP contribution is 2.36. The van der Waals surface area contributed by atoms with Crippen LogP contribution in [0.3, 0.4) is 0 Å². The van der Waals surface area contributed by atoms with Crippen LogP contribution in [0.1, 0.15) is 25.8 Å². The molecule has 2 N–H and O–H groups in total.